The SMILES string of the molecule is CC=CN1C=CN(C(=O)CC)C1. The number of rotatable bonds is 2. The Labute approximate surface area is 73.0 Å². The predicted molar refractivity (Wildman–Crippen MR) is 47.8 cm³/mol. The van der Waals surface area contributed by atoms with Crippen molar-refractivity contribution in [3.63, 3.8) is 0 Å². The minimum absolute atomic E-state index is 0.165. The van der Waals surface area contributed by atoms with Crippen molar-refractivity contribution in [1.82, 2.24) is 9.80 Å². The van der Waals surface area contributed by atoms with E-state index in [-0.39, 0.29) is 5.91 Å². The highest BCUT2D eigenvalue weighted by molar-refractivity contribution is 5.77. The van der Waals surface area contributed by atoms with E-state index in [1.54, 1.807) is 4.90 Å². The van der Waals surface area contributed by atoms with Gasteiger partial charge in [0.2, 0.25) is 5.91 Å². The second-order valence-corrected chi connectivity index (χ2v) is 2.65. The molecule has 66 valence electrons. The maximum absolute atomic E-state index is 11.2. The highest BCUT2D eigenvalue weighted by Gasteiger charge is 2.14. The maximum Gasteiger partial charge on any atom is 0.227 e. The molecule has 1 aliphatic rings. The summed E-state index contributed by atoms with van der Waals surface area (Å²) < 4.78 is 0. The Morgan fingerprint density at radius 1 is 1.58 bits per heavy atom. The van der Waals surface area contributed by atoms with E-state index in [0.29, 0.717) is 13.1 Å². The third-order valence-corrected chi connectivity index (χ3v) is 1.72. The first-order valence-electron chi connectivity index (χ1n) is 4.14. The molecular weight excluding hydrogens is 152 g/mol. The van der Waals surface area contributed by atoms with Crippen molar-refractivity contribution in [2.75, 3.05) is 6.67 Å². The van der Waals surface area contributed by atoms with E-state index in [9.17, 15) is 4.79 Å². The Bertz CT molecular complexity index is 221. The Kier molecular flexibility index (Phi) is 2.91. The number of allylic oxidation sites excluding steroid dienone is 1. The largest absolute Gasteiger partial charge is 0.335 e. The van der Waals surface area contributed by atoms with Crippen LogP contribution in [0.4, 0.5) is 0 Å². The Hall–Kier alpha value is -1.25. The van der Waals surface area contributed by atoms with Gasteiger partial charge in [-0.1, -0.05) is 13.0 Å². The van der Waals surface area contributed by atoms with E-state index in [1.165, 1.54) is 0 Å². The van der Waals surface area contributed by atoms with Crippen molar-refractivity contribution in [3.8, 4) is 0 Å². The summed E-state index contributed by atoms with van der Waals surface area (Å²) in [7, 11) is 0. The minimum Gasteiger partial charge on any atom is -0.335 e. The first kappa shape index (κ1) is 8.84. The smallest absolute Gasteiger partial charge is 0.227 e. The summed E-state index contributed by atoms with van der Waals surface area (Å²) in [5, 5.41) is 0. The molecule has 3 nitrogen and oxygen atoms in total. The third kappa shape index (κ3) is 1.87. The topological polar surface area (TPSA) is 23.6 Å². The number of hydrogen-bond donors (Lipinski definition) is 0. The molecule has 1 heterocycles. The molecule has 0 aromatic carbocycles. The van der Waals surface area contributed by atoms with Gasteiger partial charge >= 0.3 is 0 Å². The van der Waals surface area contributed by atoms with E-state index in [0.717, 1.165) is 0 Å². The van der Waals surface area contributed by atoms with Crippen molar-refractivity contribution in [3.05, 3.63) is 24.7 Å². The van der Waals surface area contributed by atoms with E-state index in [1.807, 2.05) is 43.4 Å². The van der Waals surface area contributed by atoms with Crippen molar-refractivity contribution >= 4 is 5.91 Å². The highest BCUT2D eigenvalue weighted by Crippen LogP contribution is 2.07. The molecule has 1 aliphatic heterocycles. The molecule has 0 aromatic heterocycles. The van der Waals surface area contributed by atoms with Crippen LogP contribution in [0.2, 0.25) is 0 Å². The summed E-state index contributed by atoms with van der Waals surface area (Å²) in [6, 6.07) is 0. The number of carbonyl (C=O) groups is 1. The average Bonchev–Trinajstić information content (AvgIpc) is 2.52. The van der Waals surface area contributed by atoms with Crippen LogP contribution in [-0.2, 0) is 4.79 Å². The summed E-state index contributed by atoms with van der Waals surface area (Å²) in [4.78, 5) is 14.9. The average molecular weight is 166 g/mol. The summed E-state index contributed by atoms with van der Waals surface area (Å²) in [5.74, 6) is 0.165. The van der Waals surface area contributed by atoms with Gasteiger partial charge in [0.15, 0.2) is 0 Å². The third-order valence-electron chi connectivity index (χ3n) is 1.72. The van der Waals surface area contributed by atoms with Gasteiger partial charge in [0.25, 0.3) is 0 Å². The van der Waals surface area contributed by atoms with Gasteiger partial charge in [-0.2, -0.15) is 0 Å². The first-order valence-corrected chi connectivity index (χ1v) is 4.14. The first-order chi connectivity index (χ1) is 5.77. The molecule has 0 unspecified atom stereocenters. The summed E-state index contributed by atoms with van der Waals surface area (Å²) >= 11 is 0. The molecule has 0 saturated heterocycles. The second-order valence-electron chi connectivity index (χ2n) is 2.65. The number of nitrogens with zero attached hydrogens (tertiary/aromatic N) is 2. The molecular formula is C9H14N2O. The van der Waals surface area contributed by atoms with Gasteiger partial charge in [0.1, 0.15) is 6.67 Å². The van der Waals surface area contributed by atoms with Crippen LogP contribution >= 0.6 is 0 Å². The van der Waals surface area contributed by atoms with Crippen LogP contribution in [0.5, 0.6) is 0 Å². The molecule has 1 amide bonds. The fraction of sp³-hybridized carbons (Fsp3) is 0.444. The van der Waals surface area contributed by atoms with Crippen LogP contribution in [0.3, 0.4) is 0 Å². The number of hydrogen-bond acceptors (Lipinski definition) is 2. The molecule has 1 rings (SSSR count). The van der Waals surface area contributed by atoms with Crippen LogP contribution < -0.4 is 0 Å². The van der Waals surface area contributed by atoms with E-state index in [4.69, 9.17) is 0 Å². The van der Waals surface area contributed by atoms with E-state index >= 15 is 0 Å². The molecule has 0 aliphatic carbocycles. The summed E-state index contributed by atoms with van der Waals surface area (Å²) in [6.07, 6.45) is 8.16. The van der Waals surface area contributed by atoms with Gasteiger partial charge in [-0.3, -0.25) is 9.69 Å². The van der Waals surface area contributed by atoms with Crippen molar-refractivity contribution in [1.29, 1.82) is 0 Å². The van der Waals surface area contributed by atoms with E-state index in [2.05, 4.69) is 0 Å². The lowest BCUT2D eigenvalue weighted by molar-refractivity contribution is -0.128. The normalized spacial score (nSPS) is 16.5. The zero-order chi connectivity index (χ0) is 8.97. The van der Waals surface area contributed by atoms with Crippen LogP contribution in [0, 0.1) is 0 Å². The zero-order valence-corrected chi connectivity index (χ0v) is 7.53. The van der Waals surface area contributed by atoms with Gasteiger partial charge < -0.3 is 4.90 Å². The van der Waals surface area contributed by atoms with Crippen LogP contribution in [0.1, 0.15) is 20.3 Å². The molecule has 0 fully saturated rings. The zero-order valence-electron chi connectivity index (χ0n) is 7.53. The molecule has 0 spiro atoms. The Morgan fingerprint density at radius 3 is 2.92 bits per heavy atom. The Balaban J connectivity index is 2.47. The highest BCUT2D eigenvalue weighted by atomic mass is 16.2. The van der Waals surface area contributed by atoms with E-state index < -0.39 is 0 Å². The second kappa shape index (κ2) is 3.95. The van der Waals surface area contributed by atoms with Gasteiger partial charge in [-0.15, -0.1) is 0 Å². The Morgan fingerprint density at radius 2 is 2.33 bits per heavy atom. The molecule has 0 aromatic rings. The maximum atomic E-state index is 11.2. The van der Waals surface area contributed by atoms with Gasteiger partial charge in [-0.05, 0) is 6.92 Å². The molecule has 0 saturated carbocycles. The molecule has 3 heteroatoms. The minimum atomic E-state index is 0.165. The monoisotopic (exact) mass is 166 g/mol. The van der Waals surface area contributed by atoms with Crippen molar-refractivity contribution < 1.29 is 4.79 Å². The lowest BCUT2D eigenvalue weighted by Gasteiger charge is -2.15. The summed E-state index contributed by atoms with van der Waals surface area (Å²) in [6.45, 7) is 4.48. The van der Waals surface area contributed by atoms with Gasteiger partial charge in [0.05, 0.1) is 0 Å². The van der Waals surface area contributed by atoms with Crippen LogP contribution in [-0.4, -0.2) is 22.4 Å². The quantitative estimate of drug-likeness (QED) is 0.620. The van der Waals surface area contributed by atoms with Crippen molar-refractivity contribution in [2.24, 2.45) is 0 Å². The summed E-state index contributed by atoms with van der Waals surface area (Å²) in [5.41, 5.74) is 0. The van der Waals surface area contributed by atoms with Gasteiger partial charge in [0, 0.05) is 25.0 Å². The molecule has 0 atom stereocenters. The predicted octanol–water partition coefficient (Wildman–Crippen LogP) is 1.50. The van der Waals surface area contributed by atoms with Crippen LogP contribution in [0.25, 0.3) is 0 Å². The fourth-order valence-corrected chi connectivity index (χ4v) is 1.09. The van der Waals surface area contributed by atoms with Gasteiger partial charge in [-0.25, -0.2) is 0 Å². The number of carbonyl (C=O) groups excluding carboxylic acids is 1. The molecule has 0 N–H and O–H groups in total. The molecule has 0 radical (unpaired) electrons. The molecule has 12 heavy (non-hydrogen) atoms. The van der Waals surface area contributed by atoms with Crippen molar-refractivity contribution in [2.45, 2.75) is 20.3 Å². The lowest BCUT2D eigenvalue weighted by Crippen LogP contribution is -2.27. The lowest BCUT2D eigenvalue weighted by atomic mass is 10.4. The fourth-order valence-electron chi connectivity index (χ4n) is 1.09. The van der Waals surface area contributed by atoms with Crippen LogP contribution in [0.15, 0.2) is 24.7 Å². The molecule has 0 bridgehead atoms. The number of amides is 1. The standard InChI is InChI=1S/C9H14N2O/c1-3-5-10-6-7-11(8-10)9(12)4-2/h3,5-7H,4,8H2,1-2H3.